The van der Waals surface area contributed by atoms with Crippen LogP contribution in [-0.2, 0) is 16.1 Å². The summed E-state index contributed by atoms with van der Waals surface area (Å²) in [5.74, 6) is 0.191. The van der Waals surface area contributed by atoms with E-state index in [0.29, 0.717) is 12.6 Å². The van der Waals surface area contributed by atoms with Crippen LogP contribution < -0.4 is 11.1 Å². The van der Waals surface area contributed by atoms with Gasteiger partial charge in [-0.1, -0.05) is 6.07 Å². The first-order valence-corrected chi connectivity index (χ1v) is 10.3. The summed E-state index contributed by atoms with van der Waals surface area (Å²) in [6.07, 6.45) is 7.40. The highest BCUT2D eigenvalue weighted by Crippen LogP contribution is 2.25. The van der Waals surface area contributed by atoms with Crippen molar-refractivity contribution in [3.63, 3.8) is 0 Å². The number of nitrogens with one attached hydrogen (secondary N) is 1. The van der Waals surface area contributed by atoms with Gasteiger partial charge in [0, 0.05) is 44.6 Å². The van der Waals surface area contributed by atoms with E-state index in [0.717, 1.165) is 57.4 Å². The Morgan fingerprint density at radius 2 is 2.00 bits per heavy atom. The summed E-state index contributed by atoms with van der Waals surface area (Å²) >= 11 is 0. The van der Waals surface area contributed by atoms with Gasteiger partial charge in [-0.05, 0) is 57.7 Å². The summed E-state index contributed by atoms with van der Waals surface area (Å²) < 4.78 is 0. The monoisotopic (exact) mass is 387 g/mol. The maximum atomic E-state index is 12.6. The van der Waals surface area contributed by atoms with Crippen molar-refractivity contribution in [2.24, 2.45) is 11.7 Å². The van der Waals surface area contributed by atoms with E-state index >= 15 is 0 Å². The third-order valence-corrected chi connectivity index (χ3v) is 5.83. The van der Waals surface area contributed by atoms with Gasteiger partial charge in [0.1, 0.15) is 0 Å². The topological polar surface area (TPSA) is 91.6 Å². The molecule has 3 heterocycles. The van der Waals surface area contributed by atoms with Crippen molar-refractivity contribution in [3.8, 4) is 0 Å². The molecule has 2 amide bonds. The number of carbonyl (C=O) groups is 2. The van der Waals surface area contributed by atoms with Crippen molar-refractivity contribution in [2.75, 3.05) is 26.2 Å². The lowest BCUT2D eigenvalue weighted by atomic mass is 9.92. The number of aromatic nitrogens is 1. The molecular weight excluding hydrogens is 354 g/mol. The van der Waals surface area contributed by atoms with Gasteiger partial charge in [0.15, 0.2) is 0 Å². The number of nitrogens with zero attached hydrogens (tertiary/aromatic N) is 3. The Labute approximate surface area is 167 Å². The van der Waals surface area contributed by atoms with Crippen LogP contribution in [0, 0.1) is 5.92 Å². The van der Waals surface area contributed by atoms with Gasteiger partial charge in [-0.3, -0.25) is 19.5 Å². The Bertz CT molecular complexity index is 665. The van der Waals surface area contributed by atoms with Crippen molar-refractivity contribution >= 4 is 11.8 Å². The van der Waals surface area contributed by atoms with Gasteiger partial charge in [-0.15, -0.1) is 0 Å². The SMILES string of the molecule is CC(C)(N)C(=O)N1CCC(N2CCCC(C(=O)NCc3cccnc3)C2)CC1. The number of pyridine rings is 1. The lowest BCUT2D eigenvalue weighted by Gasteiger charge is -2.43. The average molecular weight is 388 g/mol. The second-order valence-corrected chi connectivity index (χ2v) is 8.66. The predicted molar refractivity (Wildman–Crippen MR) is 108 cm³/mol. The molecule has 3 rings (SSSR count). The van der Waals surface area contributed by atoms with Crippen LogP contribution in [0.1, 0.15) is 45.1 Å². The van der Waals surface area contributed by atoms with Crippen LogP contribution in [0.5, 0.6) is 0 Å². The first kappa shape index (κ1) is 20.7. The third kappa shape index (κ3) is 5.29. The largest absolute Gasteiger partial charge is 0.352 e. The third-order valence-electron chi connectivity index (χ3n) is 5.83. The molecule has 2 aliphatic heterocycles. The van der Waals surface area contributed by atoms with Gasteiger partial charge >= 0.3 is 0 Å². The molecule has 0 spiro atoms. The molecule has 0 saturated carbocycles. The Kier molecular flexibility index (Phi) is 6.67. The van der Waals surface area contributed by atoms with E-state index in [1.165, 1.54) is 0 Å². The van der Waals surface area contributed by atoms with E-state index in [2.05, 4.69) is 15.2 Å². The number of amides is 2. The fourth-order valence-electron chi connectivity index (χ4n) is 4.23. The number of carbonyl (C=O) groups excluding carboxylic acids is 2. The number of hydrogen-bond donors (Lipinski definition) is 2. The Balaban J connectivity index is 1.47. The number of hydrogen-bond acceptors (Lipinski definition) is 5. The van der Waals surface area contributed by atoms with E-state index in [4.69, 9.17) is 5.73 Å². The molecule has 1 unspecified atom stereocenters. The summed E-state index contributed by atoms with van der Waals surface area (Å²) in [4.78, 5) is 33.4. The highest BCUT2D eigenvalue weighted by molar-refractivity contribution is 5.85. The second kappa shape index (κ2) is 9.01. The van der Waals surface area contributed by atoms with Gasteiger partial charge in [0.2, 0.25) is 11.8 Å². The zero-order valence-corrected chi connectivity index (χ0v) is 17.1. The van der Waals surface area contributed by atoms with E-state index < -0.39 is 5.54 Å². The van der Waals surface area contributed by atoms with Crippen LogP contribution in [0.3, 0.4) is 0 Å². The number of rotatable bonds is 5. The van der Waals surface area contributed by atoms with Crippen molar-refractivity contribution in [1.29, 1.82) is 0 Å². The van der Waals surface area contributed by atoms with Crippen LogP contribution in [-0.4, -0.2) is 64.4 Å². The molecule has 0 aliphatic carbocycles. The van der Waals surface area contributed by atoms with Gasteiger partial charge in [0.25, 0.3) is 0 Å². The van der Waals surface area contributed by atoms with Crippen LogP contribution in [0.4, 0.5) is 0 Å². The molecule has 2 aliphatic rings. The van der Waals surface area contributed by atoms with Gasteiger partial charge in [-0.25, -0.2) is 0 Å². The Hall–Kier alpha value is -1.99. The van der Waals surface area contributed by atoms with E-state index in [9.17, 15) is 9.59 Å². The maximum absolute atomic E-state index is 12.6. The molecule has 7 heteroatoms. The molecular formula is C21H33N5O2. The highest BCUT2D eigenvalue weighted by Gasteiger charge is 2.35. The van der Waals surface area contributed by atoms with E-state index in [1.54, 1.807) is 26.2 Å². The molecule has 1 aromatic rings. The molecule has 1 atom stereocenters. The van der Waals surface area contributed by atoms with E-state index in [1.807, 2.05) is 17.0 Å². The van der Waals surface area contributed by atoms with Crippen molar-refractivity contribution in [1.82, 2.24) is 20.1 Å². The highest BCUT2D eigenvalue weighted by atomic mass is 16.2. The Morgan fingerprint density at radius 3 is 2.64 bits per heavy atom. The Morgan fingerprint density at radius 1 is 1.25 bits per heavy atom. The first-order chi connectivity index (χ1) is 13.3. The summed E-state index contributed by atoms with van der Waals surface area (Å²) in [6, 6.07) is 4.30. The summed E-state index contributed by atoms with van der Waals surface area (Å²) in [5, 5.41) is 3.06. The minimum atomic E-state index is -0.810. The quantitative estimate of drug-likeness (QED) is 0.790. The molecule has 0 radical (unpaired) electrons. The zero-order valence-electron chi connectivity index (χ0n) is 17.1. The zero-order chi connectivity index (χ0) is 20.1. The van der Waals surface area contributed by atoms with Crippen LogP contribution in [0.25, 0.3) is 0 Å². The fraction of sp³-hybridized carbons (Fsp3) is 0.667. The minimum Gasteiger partial charge on any atom is -0.352 e. The van der Waals surface area contributed by atoms with Crippen molar-refractivity contribution in [2.45, 2.75) is 57.7 Å². The molecule has 1 aromatic heterocycles. The van der Waals surface area contributed by atoms with Gasteiger partial charge in [0.05, 0.1) is 11.5 Å². The summed E-state index contributed by atoms with van der Waals surface area (Å²) in [7, 11) is 0. The molecule has 154 valence electrons. The molecule has 2 fully saturated rings. The lowest BCUT2D eigenvalue weighted by Crippen LogP contribution is -2.56. The van der Waals surface area contributed by atoms with Gasteiger partial charge in [-0.2, -0.15) is 0 Å². The smallest absolute Gasteiger partial charge is 0.242 e. The normalized spacial score (nSPS) is 22.1. The van der Waals surface area contributed by atoms with Crippen molar-refractivity contribution < 1.29 is 9.59 Å². The molecule has 7 nitrogen and oxygen atoms in total. The average Bonchev–Trinajstić information content (AvgIpc) is 2.72. The standard InChI is InChI=1S/C21H33N5O2/c1-21(2,22)20(28)25-11-7-18(8-12-25)26-10-4-6-17(15-26)19(27)24-14-16-5-3-9-23-13-16/h3,5,9,13,17-18H,4,6-8,10-12,14-15,22H2,1-2H3,(H,24,27). The van der Waals surface area contributed by atoms with Crippen LogP contribution in [0.15, 0.2) is 24.5 Å². The minimum absolute atomic E-state index is 0.0252. The maximum Gasteiger partial charge on any atom is 0.242 e. The number of piperidine rings is 2. The molecule has 2 saturated heterocycles. The van der Waals surface area contributed by atoms with Crippen LogP contribution in [0.2, 0.25) is 0 Å². The molecule has 0 aromatic carbocycles. The van der Waals surface area contributed by atoms with Gasteiger partial charge < -0.3 is 16.0 Å². The van der Waals surface area contributed by atoms with Crippen molar-refractivity contribution in [3.05, 3.63) is 30.1 Å². The second-order valence-electron chi connectivity index (χ2n) is 8.66. The summed E-state index contributed by atoms with van der Waals surface area (Å²) in [6.45, 7) is 7.39. The lowest BCUT2D eigenvalue weighted by molar-refractivity contribution is -0.137. The number of likely N-dealkylation sites (tertiary alicyclic amines) is 2. The van der Waals surface area contributed by atoms with E-state index in [-0.39, 0.29) is 17.7 Å². The molecule has 0 bridgehead atoms. The molecule has 28 heavy (non-hydrogen) atoms. The molecule has 3 N–H and O–H groups in total. The predicted octanol–water partition coefficient (Wildman–Crippen LogP) is 1.14. The summed E-state index contributed by atoms with van der Waals surface area (Å²) in [5.41, 5.74) is 6.17. The number of nitrogens with two attached hydrogens (primary N) is 1. The first-order valence-electron chi connectivity index (χ1n) is 10.3. The van der Waals surface area contributed by atoms with Crippen LogP contribution >= 0.6 is 0 Å². The fourth-order valence-corrected chi connectivity index (χ4v) is 4.23.